The molecule has 265 valence electrons. The Bertz CT molecular complexity index is 2290. The van der Waals surface area contributed by atoms with Crippen molar-refractivity contribution in [1.29, 1.82) is 0 Å². The van der Waals surface area contributed by atoms with Crippen LogP contribution in [0.5, 0.6) is 0 Å². The molecule has 1 radical (unpaired) electrons. The first-order valence-electron chi connectivity index (χ1n) is 18.8. The van der Waals surface area contributed by atoms with Crippen LogP contribution in [0.1, 0.15) is 55.2 Å². The summed E-state index contributed by atoms with van der Waals surface area (Å²) in [4.78, 5) is 9.58. The Kier molecular flexibility index (Phi) is 11.3. The number of hydrogen-bond acceptors (Lipinski definition) is 3. The zero-order chi connectivity index (χ0) is 34.8. The molecule has 5 heteroatoms. The first kappa shape index (κ1) is 36.6. The van der Waals surface area contributed by atoms with E-state index in [0.29, 0.717) is 0 Å². The van der Waals surface area contributed by atoms with Gasteiger partial charge in [0.15, 0.2) is 0 Å². The molecule has 2 aliphatic carbocycles. The molecule has 4 aromatic carbocycles. The molecule has 2 aliphatic rings. The maximum atomic E-state index is 4.82. The van der Waals surface area contributed by atoms with Gasteiger partial charge in [-0.05, 0) is 94.0 Å². The van der Waals surface area contributed by atoms with E-state index in [2.05, 4.69) is 123 Å². The Hall–Kier alpha value is -3.73. The molecule has 0 saturated heterocycles. The van der Waals surface area contributed by atoms with Gasteiger partial charge >= 0.3 is 0 Å². The van der Waals surface area contributed by atoms with E-state index >= 15 is 0 Å². The quantitative estimate of drug-likeness (QED) is 0.123. The van der Waals surface area contributed by atoms with Crippen LogP contribution in [0.4, 0.5) is 0 Å². The van der Waals surface area contributed by atoms with Crippen LogP contribution in [0.15, 0.2) is 109 Å². The van der Waals surface area contributed by atoms with Crippen LogP contribution >= 0.6 is 11.3 Å². The number of benzene rings is 4. The Morgan fingerprint density at radius 1 is 0.750 bits per heavy atom. The molecule has 2 nitrogen and oxygen atoms in total. The molecule has 3 heterocycles. The second kappa shape index (κ2) is 16.1. The number of thiophene rings is 1. The van der Waals surface area contributed by atoms with E-state index in [0.717, 1.165) is 29.3 Å². The summed E-state index contributed by atoms with van der Waals surface area (Å²) in [5.74, 6) is 0.880. The van der Waals surface area contributed by atoms with Crippen LogP contribution in [0, 0.1) is 18.1 Å². The van der Waals surface area contributed by atoms with Gasteiger partial charge in [0.05, 0.1) is 8.07 Å². The largest absolute Gasteiger partial charge is 0.305 e. The summed E-state index contributed by atoms with van der Waals surface area (Å²) < 4.78 is 2.63. The Balaban J connectivity index is 0.000000165. The van der Waals surface area contributed by atoms with Crippen molar-refractivity contribution < 1.29 is 20.1 Å². The van der Waals surface area contributed by atoms with Crippen LogP contribution in [-0.2, 0) is 39.4 Å². The number of hydrogen-bond donors (Lipinski definition) is 0. The molecule has 0 bridgehead atoms. The molecule has 0 N–H and O–H groups in total. The molecule has 0 unspecified atom stereocenters. The third-order valence-electron chi connectivity index (χ3n) is 10.8. The Morgan fingerprint density at radius 3 is 2.35 bits per heavy atom. The van der Waals surface area contributed by atoms with E-state index in [4.69, 9.17) is 9.97 Å². The SMILES string of the molecule is C[Si](C)(C)c1cnc(-c2[c-]cccc2)cc1CC1CCCC1.[Ir].[c-]1ccc2c(sc3ccc(-c4ccccc4)cc32)c1-c1nccc2c1CCCC2. The van der Waals surface area contributed by atoms with Crippen molar-refractivity contribution in [3.8, 4) is 33.6 Å². The van der Waals surface area contributed by atoms with E-state index in [-0.39, 0.29) is 20.1 Å². The summed E-state index contributed by atoms with van der Waals surface area (Å²) in [5, 5.41) is 4.18. The number of aromatic nitrogens is 2. The summed E-state index contributed by atoms with van der Waals surface area (Å²) >= 11 is 1.87. The predicted molar refractivity (Wildman–Crippen MR) is 221 cm³/mol. The summed E-state index contributed by atoms with van der Waals surface area (Å²) in [6.07, 6.45) is 15.9. The molecule has 9 rings (SSSR count). The second-order valence-electron chi connectivity index (χ2n) is 15.4. The van der Waals surface area contributed by atoms with Crippen LogP contribution in [0.25, 0.3) is 53.8 Å². The van der Waals surface area contributed by atoms with Gasteiger partial charge in [-0.2, -0.15) is 11.3 Å². The fourth-order valence-electron chi connectivity index (χ4n) is 8.17. The molecule has 1 fully saturated rings. The molecule has 0 aliphatic heterocycles. The number of fused-ring (bicyclic) bond motifs is 4. The smallest absolute Gasteiger partial charge is 0.0798 e. The predicted octanol–water partition coefficient (Wildman–Crippen LogP) is 12.3. The monoisotopic (exact) mass is 891 g/mol. The maximum Gasteiger partial charge on any atom is 0.0798 e. The van der Waals surface area contributed by atoms with Crippen molar-refractivity contribution in [3.63, 3.8) is 0 Å². The van der Waals surface area contributed by atoms with E-state index in [1.807, 2.05) is 29.7 Å². The minimum atomic E-state index is -1.35. The van der Waals surface area contributed by atoms with Crippen LogP contribution < -0.4 is 5.19 Å². The third-order valence-corrected chi connectivity index (χ3v) is 14.1. The standard InChI is InChI=1S/C27H20NS.C20H26NSi.Ir/c1-2-7-18(8-3-1)20-13-14-25-24(17-20)22-11-6-12-23(27(22)29-25)26-21-10-5-4-9-19(21)15-16-28-26;1-22(2,3)20-15-21-19(17-11-5-4-6-12-17)14-18(20)13-16-9-7-8-10-16;/h1-3,6-8,11,13-17H,4-5,9-10H2;4-6,11,14-16H,7-10,13H2,1-3H3;/q2*-1;. The molecule has 52 heavy (non-hydrogen) atoms. The van der Waals surface area contributed by atoms with Crippen LogP contribution in [0.3, 0.4) is 0 Å². The zero-order valence-corrected chi connectivity index (χ0v) is 34.7. The molecule has 1 saturated carbocycles. The summed E-state index contributed by atoms with van der Waals surface area (Å²) in [7, 11) is -1.35. The van der Waals surface area contributed by atoms with Gasteiger partial charge in [-0.15, -0.1) is 59.7 Å². The maximum absolute atomic E-state index is 4.82. The Labute approximate surface area is 328 Å². The molecule has 3 aromatic heterocycles. The van der Waals surface area contributed by atoms with Gasteiger partial charge in [0, 0.05) is 37.2 Å². The van der Waals surface area contributed by atoms with E-state index in [1.165, 1.54) is 99.4 Å². The second-order valence-corrected chi connectivity index (χ2v) is 21.5. The first-order chi connectivity index (χ1) is 24.9. The van der Waals surface area contributed by atoms with Gasteiger partial charge < -0.3 is 9.97 Å². The Morgan fingerprint density at radius 2 is 1.56 bits per heavy atom. The fraction of sp³-hybridized carbons (Fsp3) is 0.277. The summed E-state index contributed by atoms with van der Waals surface area (Å²) in [6, 6.07) is 41.3. The minimum Gasteiger partial charge on any atom is -0.305 e. The molecule has 0 atom stereocenters. The van der Waals surface area contributed by atoms with Crippen molar-refractivity contribution in [2.45, 2.75) is 77.4 Å². The minimum absolute atomic E-state index is 0. The third kappa shape index (κ3) is 7.80. The van der Waals surface area contributed by atoms with Gasteiger partial charge in [-0.1, -0.05) is 110 Å². The van der Waals surface area contributed by atoms with E-state index in [1.54, 1.807) is 10.8 Å². The van der Waals surface area contributed by atoms with Crippen molar-refractivity contribution in [1.82, 2.24) is 9.97 Å². The molecule has 0 spiro atoms. The van der Waals surface area contributed by atoms with Gasteiger partial charge in [0.1, 0.15) is 0 Å². The normalized spacial score (nSPS) is 14.4. The fourth-order valence-corrected chi connectivity index (χ4v) is 10.9. The van der Waals surface area contributed by atoms with Gasteiger partial charge in [-0.3, -0.25) is 0 Å². The number of aryl methyl sites for hydroxylation is 1. The number of nitrogens with zero attached hydrogens (tertiary/aromatic N) is 2. The van der Waals surface area contributed by atoms with Crippen molar-refractivity contribution in [3.05, 3.63) is 138 Å². The molecule has 0 amide bonds. The number of pyridine rings is 2. The summed E-state index contributed by atoms with van der Waals surface area (Å²) in [5.41, 5.74) is 11.5. The van der Waals surface area contributed by atoms with Crippen molar-refractivity contribution in [2.24, 2.45) is 5.92 Å². The first-order valence-corrected chi connectivity index (χ1v) is 23.1. The van der Waals surface area contributed by atoms with Crippen LogP contribution in [0.2, 0.25) is 19.6 Å². The van der Waals surface area contributed by atoms with Gasteiger partial charge in [0.2, 0.25) is 0 Å². The molecular formula is C47H46IrN2SSi-2. The van der Waals surface area contributed by atoms with Gasteiger partial charge in [0.25, 0.3) is 0 Å². The van der Waals surface area contributed by atoms with Gasteiger partial charge in [-0.25, -0.2) is 0 Å². The van der Waals surface area contributed by atoms with Crippen LogP contribution in [-0.4, -0.2) is 18.0 Å². The van der Waals surface area contributed by atoms with Crippen molar-refractivity contribution >= 4 is 44.8 Å². The zero-order valence-electron chi connectivity index (χ0n) is 30.5. The summed E-state index contributed by atoms with van der Waals surface area (Å²) in [6.45, 7) is 7.28. The van der Waals surface area contributed by atoms with Crippen molar-refractivity contribution in [2.75, 3.05) is 0 Å². The van der Waals surface area contributed by atoms with E-state index < -0.39 is 8.07 Å². The average Bonchev–Trinajstić information content (AvgIpc) is 3.83. The molecule has 7 aromatic rings. The molecular weight excluding hydrogens is 845 g/mol. The number of rotatable bonds is 6. The average molecular weight is 891 g/mol. The topological polar surface area (TPSA) is 25.8 Å². The van der Waals surface area contributed by atoms with E-state index in [9.17, 15) is 0 Å².